The number of nitrogens with one attached hydrogen (secondary N) is 1. The lowest BCUT2D eigenvalue weighted by molar-refractivity contribution is 0.302. The molecule has 0 fully saturated rings. The molecule has 0 aliphatic heterocycles. The van der Waals surface area contributed by atoms with E-state index >= 15 is 0 Å². The second-order valence-electron chi connectivity index (χ2n) is 5.67. The molecule has 0 aliphatic rings. The van der Waals surface area contributed by atoms with Gasteiger partial charge in [0, 0.05) is 22.3 Å². The summed E-state index contributed by atoms with van der Waals surface area (Å²) in [7, 11) is 0. The molecule has 0 aliphatic carbocycles. The van der Waals surface area contributed by atoms with Gasteiger partial charge in [-0.3, -0.25) is 0 Å². The summed E-state index contributed by atoms with van der Waals surface area (Å²) < 4.78 is 7.73. The van der Waals surface area contributed by atoms with Gasteiger partial charge in [0.25, 0.3) is 0 Å². The SMILES string of the molecule is Clc1ccc(NCc2cc(Br)c(OCc3cccc(Cl)c3)c(Br)c2)cc1. The van der Waals surface area contributed by atoms with Crippen LogP contribution in [0.15, 0.2) is 69.6 Å². The molecule has 0 heterocycles. The molecule has 0 unspecified atom stereocenters. The van der Waals surface area contributed by atoms with Crippen LogP contribution in [-0.2, 0) is 13.2 Å². The molecule has 0 aromatic heterocycles. The van der Waals surface area contributed by atoms with E-state index in [1.54, 1.807) is 0 Å². The van der Waals surface area contributed by atoms with Gasteiger partial charge in [-0.05, 0) is 91.5 Å². The third-order valence-corrected chi connectivity index (χ3v) is 5.34. The van der Waals surface area contributed by atoms with Crippen molar-refractivity contribution in [3.05, 3.63) is 90.8 Å². The Balaban J connectivity index is 1.66. The molecule has 0 bridgehead atoms. The normalized spacial score (nSPS) is 10.6. The molecule has 0 amide bonds. The molecule has 0 atom stereocenters. The average Bonchev–Trinajstić information content (AvgIpc) is 2.60. The van der Waals surface area contributed by atoms with Crippen molar-refractivity contribution in [1.82, 2.24) is 0 Å². The summed E-state index contributed by atoms with van der Waals surface area (Å²) in [6.45, 7) is 1.13. The van der Waals surface area contributed by atoms with Crippen LogP contribution in [0.2, 0.25) is 10.0 Å². The Kier molecular flexibility index (Phi) is 6.87. The topological polar surface area (TPSA) is 21.3 Å². The summed E-state index contributed by atoms with van der Waals surface area (Å²) in [5.74, 6) is 0.764. The first-order valence-corrected chi connectivity index (χ1v) is 10.2. The Bertz CT molecular complexity index is 878. The second-order valence-corrected chi connectivity index (χ2v) is 8.25. The maximum atomic E-state index is 6.02. The largest absolute Gasteiger partial charge is 0.487 e. The highest BCUT2D eigenvalue weighted by molar-refractivity contribution is 9.11. The van der Waals surface area contributed by atoms with E-state index in [-0.39, 0.29) is 0 Å². The van der Waals surface area contributed by atoms with Crippen LogP contribution >= 0.6 is 55.1 Å². The van der Waals surface area contributed by atoms with Crippen LogP contribution < -0.4 is 10.1 Å². The Morgan fingerprint density at radius 2 is 1.50 bits per heavy atom. The molecule has 6 heteroatoms. The third-order valence-electron chi connectivity index (χ3n) is 3.67. The highest BCUT2D eigenvalue weighted by Gasteiger charge is 2.10. The fourth-order valence-electron chi connectivity index (χ4n) is 2.41. The van der Waals surface area contributed by atoms with Crippen molar-refractivity contribution in [2.24, 2.45) is 0 Å². The van der Waals surface area contributed by atoms with Crippen LogP contribution in [-0.4, -0.2) is 0 Å². The highest BCUT2D eigenvalue weighted by atomic mass is 79.9. The van der Waals surface area contributed by atoms with E-state index in [1.807, 2.05) is 60.7 Å². The van der Waals surface area contributed by atoms with Gasteiger partial charge in [-0.1, -0.05) is 35.3 Å². The molecule has 0 radical (unpaired) electrons. The predicted octanol–water partition coefficient (Wildman–Crippen LogP) is 7.71. The van der Waals surface area contributed by atoms with Gasteiger partial charge in [0.2, 0.25) is 0 Å². The minimum atomic E-state index is 0.445. The van der Waals surface area contributed by atoms with Crippen molar-refractivity contribution >= 4 is 60.7 Å². The van der Waals surface area contributed by atoms with Crippen molar-refractivity contribution < 1.29 is 4.74 Å². The van der Waals surface area contributed by atoms with Crippen molar-refractivity contribution in [3.63, 3.8) is 0 Å². The highest BCUT2D eigenvalue weighted by Crippen LogP contribution is 2.35. The van der Waals surface area contributed by atoms with Crippen molar-refractivity contribution in [1.29, 1.82) is 0 Å². The summed E-state index contributed by atoms with van der Waals surface area (Å²) in [4.78, 5) is 0. The Hall–Kier alpha value is -1.20. The zero-order valence-corrected chi connectivity index (χ0v) is 18.3. The number of hydrogen-bond acceptors (Lipinski definition) is 2. The number of hydrogen-bond donors (Lipinski definition) is 1. The quantitative estimate of drug-likeness (QED) is 0.363. The van der Waals surface area contributed by atoms with Crippen LogP contribution in [0.4, 0.5) is 5.69 Å². The molecule has 26 heavy (non-hydrogen) atoms. The molecular weight excluding hydrogens is 501 g/mol. The van der Waals surface area contributed by atoms with Crippen molar-refractivity contribution in [3.8, 4) is 5.75 Å². The monoisotopic (exact) mass is 513 g/mol. The second kappa shape index (κ2) is 9.14. The summed E-state index contributed by atoms with van der Waals surface area (Å²) in [6, 6.07) is 19.4. The average molecular weight is 516 g/mol. The van der Waals surface area contributed by atoms with Gasteiger partial charge < -0.3 is 10.1 Å². The molecule has 1 N–H and O–H groups in total. The van der Waals surface area contributed by atoms with Crippen molar-refractivity contribution in [2.45, 2.75) is 13.2 Å². The lowest BCUT2D eigenvalue weighted by atomic mass is 10.2. The van der Waals surface area contributed by atoms with E-state index in [2.05, 4.69) is 37.2 Å². The number of rotatable bonds is 6. The summed E-state index contributed by atoms with van der Waals surface area (Å²) in [5, 5.41) is 4.80. The minimum Gasteiger partial charge on any atom is -0.487 e. The van der Waals surface area contributed by atoms with Gasteiger partial charge >= 0.3 is 0 Å². The van der Waals surface area contributed by atoms with Gasteiger partial charge in [-0.25, -0.2) is 0 Å². The fourth-order valence-corrected chi connectivity index (χ4v) is 4.26. The fraction of sp³-hybridized carbons (Fsp3) is 0.100. The van der Waals surface area contributed by atoms with Crippen LogP contribution in [0.3, 0.4) is 0 Å². The van der Waals surface area contributed by atoms with Crippen LogP contribution in [0.1, 0.15) is 11.1 Å². The smallest absolute Gasteiger partial charge is 0.148 e. The summed E-state index contributed by atoms with van der Waals surface area (Å²) in [5.41, 5.74) is 3.15. The van der Waals surface area contributed by atoms with Crippen molar-refractivity contribution in [2.75, 3.05) is 5.32 Å². The Labute approximate surface area is 179 Å². The van der Waals surface area contributed by atoms with E-state index in [0.29, 0.717) is 18.2 Å². The summed E-state index contributed by atoms with van der Waals surface area (Å²) >= 11 is 19.1. The maximum Gasteiger partial charge on any atom is 0.148 e. The van der Waals surface area contributed by atoms with Gasteiger partial charge in [-0.15, -0.1) is 0 Å². The van der Waals surface area contributed by atoms with Gasteiger partial charge in [0.05, 0.1) is 8.95 Å². The zero-order chi connectivity index (χ0) is 18.5. The molecule has 3 rings (SSSR count). The first-order valence-electron chi connectivity index (χ1n) is 7.86. The van der Waals surface area contributed by atoms with E-state index in [0.717, 1.165) is 36.5 Å². The van der Waals surface area contributed by atoms with Crippen LogP contribution in [0, 0.1) is 0 Å². The number of anilines is 1. The molecule has 3 aromatic rings. The predicted molar refractivity (Wildman–Crippen MR) is 116 cm³/mol. The van der Waals surface area contributed by atoms with E-state index in [1.165, 1.54) is 0 Å². The van der Waals surface area contributed by atoms with E-state index in [9.17, 15) is 0 Å². The zero-order valence-electron chi connectivity index (χ0n) is 13.6. The molecule has 3 aromatic carbocycles. The third kappa shape index (κ3) is 5.40. The van der Waals surface area contributed by atoms with Crippen LogP contribution in [0.25, 0.3) is 0 Å². The molecule has 0 saturated carbocycles. The van der Waals surface area contributed by atoms with E-state index in [4.69, 9.17) is 27.9 Å². The molecule has 0 saturated heterocycles. The summed E-state index contributed by atoms with van der Waals surface area (Å²) in [6.07, 6.45) is 0. The lowest BCUT2D eigenvalue weighted by Crippen LogP contribution is -2.01. The maximum absolute atomic E-state index is 6.02. The standard InChI is InChI=1S/C20H15Br2Cl2NO/c21-18-9-14(11-25-17-6-4-15(23)5-7-17)10-19(22)20(18)26-12-13-2-1-3-16(24)8-13/h1-10,25H,11-12H2. The van der Waals surface area contributed by atoms with Gasteiger partial charge in [0.15, 0.2) is 0 Å². The van der Waals surface area contributed by atoms with E-state index < -0.39 is 0 Å². The van der Waals surface area contributed by atoms with Gasteiger partial charge in [0.1, 0.15) is 12.4 Å². The van der Waals surface area contributed by atoms with Gasteiger partial charge in [-0.2, -0.15) is 0 Å². The van der Waals surface area contributed by atoms with Crippen LogP contribution in [0.5, 0.6) is 5.75 Å². The molecular formula is C20H15Br2Cl2NO. The molecule has 0 spiro atoms. The number of ether oxygens (including phenoxy) is 1. The Morgan fingerprint density at radius 1 is 0.808 bits per heavy atom. The Morgan fingerprint density at radius 3 is 2.15 bits per heavy atom. The number of benzene rings is 3. The molecule has 134 valence electrons. The first-order chi connectivity index (χ1) is 12.5. The lowest BCUT2D eigenvalue weighted by Gasteiger charge is -2.13. The minimum absolute atomic E-state index is 0.445. The first kappa shape index (κ1) is 19.6. The number of halogens is 4. The molecule has 2 nitrogen and oxygen atoms in total.